The molecule has 0 radical (unpaired) electrons. The Labute approximate surface area is 184 Å². The van der Waals surface area contributed by atoms with E-state index in [0.717, 1.165) is 34.4 Å². The van der Waals surface area contributed by atoms with Crippen LogP contribution >= 0.6 is 11.3 Å². The van der Waals surface area contributed by atoms with Crippen LogP contribution in [0.5, 0.6) is 0 Å². The predicted octanol–water partition coefficient (Wildman–Crippen LogP) is 4.75. The number of aliphatic hydroxyl groups is 1. The average Bonchev–Trinajstić information content (AvgIpc) is 3.46. The molecular formula is C25H22FN3OS. The van der Waals surface area contributed by atoms with E-state index in [2.05, 4.69) is 40.2 Å². The Hall–Kier alpha value is -2.67. The van der Waals surface area contributed by atoms with Crippen molar-refractivity contribution in [2.24, 2.45) is 0 Å². The molecular weight excluding hydrogens is 409 g/mol. The van der Waals surface area contributed by atoms with E-state index < -0.39 is 0 Å². The first-order valence-electron chi connectivity index (χ1n) is 10.6. The van der Waals surface area contributed by atoms with Crippen LogP contribution in [0.3, 0.4) is 0 Å². The zero-order valence-corrected chi connectivity index (χ0v) is 17.8. The fourth-order valence-electron chi connectivity index (χ4n) is 4.53. The van der Waals surface area contributed by atoms with Gasteiger partial charge in [0.2, 0.25) is 0 Å². The number of thiazole rings is 1. The minimum absolute atomic E-state index is 0.0108. The molecule has 1 saturated heterocycles. The molecule has 4 aromatic rings. The number of hydrogen-bond acceptors (Lipinski definition) is 5. The third kappa shape index (κ3) is 3.35. The first-order chi connectivity index (χ1) is 15.1. The third-order valence-corrected chi connectivity index (χ3v) is 7.43. The first kappa shape index (κ1) is 19.0. The number of halogens is 1. The molecule has 0 amide bonds. The molecule has 1 aliphatic carbocycles. The van der Waals surface area contributed by atoms with E-state index in [4.69, 9.17) is 4.98 Å². The highest BCUT2D eigenvalue weighted by atomic mass is 32.1. The molecule has 0 bridgehead atoms. The molecule has 31 heavy (non-hydrogen) atoms. The second kappa shape index (κ2) is 7.19. The zero-order valence-electron chi connectivity index (χ0n) is 17.0. The summed E-state index contributed by atoms with van der Waals surface area (Å²) in [6.45, 7) is 1.96. The first-order valence-corrected chi connectivity index (χ1v) is 11.5. The molecule has 1 N–H and O–H groups in total. The van der Waals surface area contributed by atoms with Crippen LogP contribution in [0.15, 0.2) is 60.7 Å². The number of fused-ring (bicyclic) bond motifs is 1. The van der Waals surface area contributed by atoms with Crippen molar-refractivity contribution in [1.29, 1.82) is 0 Å². The van der Waals surface area contributed by atoms with E-state index in [9.17, 15) is 9.50 Å². The maximum Gasteiger partial charge on any atom is 0.144 e. The van der Waals surface area contributed by atoms with Gasteiger partial charge in [-0.15, -0.1) is 0 Å². The van der Waals surface area contributed by atoms with Crippen LogP contribution in [-0.2, 0) is 12.0 Å². The van der Waals surface area contributed by atoms with Gasteiger partial charge in [0.15, 0.2) is 0 Å². The monoisotopic (exact) mass is 431 g/mol. The smallest absolute Gasteiger partial charge is 0.144 e. The Morgan fingerprint density at radius 1 is 1.03 bits per heavy atom. The maximum atomic E-state index is 14.9. The van der Waals surface area contributed by atoms with E-state index in [1.165, 1.54) is 16.9 Å². The van der Waals surface area contributed by atoms with Crippen LogP contribution < -0.4 is 0 Å². The number of nitrogens with zero attached hydrogens (tertiary/aromatic N) is 3. The van der Waals surface area contributed by atoms with Gasteiger partial charge in [-0.05, 0) is 48.2 Å². The van der Waals surface area contributed by atoms with Crippen LogP contribution in [0.4, 0.5) is 4.39 Å². The molecule has 6 heteroatoms. The van der Waals surface area contributed by atoms with E-state index in [-0.39, 0.29) is 17.3 Å². The normalized spacial score (nSPS) is 18.3. The fourth-order valence-corrected chi connectivity index (χ4v) is 5.50. The quantitative estimate of drug-likeness (QED) is 0.495. The summed E-state index contributed by atoms with van der Waals surface area (Å²) in [4.78, 5) is 12.6. The van der Waals surface area contributed by atoms with Crippen LogP contribution in [0, 0.1) is 5.82 Å². The summed E-state index contributed by atoms with van der Waals surface area (Å²) in [5.41, 5.74) is 4.63. The Balaban J connectivity index is 1.30. The van der Waals surface area contributed by atoms with Crippen molar-refractivity contribution >= 4 is 21.7 Å². The summed E-state index contributed by atoms with van der Waals surface area (Å²) in [6.07, 6.45) is 1.96. The van der Waals surface area contributed by atoms with Gasteiger partial charge in [0.1, 0.15) is 21.2 Å². The lowest BCUT2D eigenvalue weighted by Crippen LogP contribution is -2.49. The lowest BCUT2D eigenvalue weighted by molar-refractivity contribution is -0.00289. The minimum Gasteiger partial charge on any atom is -0.390 e. The van der Waals surface area contributed by atoms with Crippen molar-refractivity contribution in [2.45, 2.75) is 30.9 Å². The van der Waals surface area contributed by atoms with E-state index in [1.807, 2.05) is 24.3 Å². The van der Waals surface area contributed by atoms with Crippen molar-refractivity contribution in [2.75, 3.05) is 13.1 Å². The Bertz CT molecular complexity index is 1260. The number of aromatic nitrogens is 2. The molecule has 2 aliphatic rings. The summed E-state index contributed by atoms with van der Waals surface area (Å²) in [7, 11) is 0. The fraction of sp³-hybridized carbons (Fsp3) is 0.280. The maximum absolute atomic E-state index is 14.9. The molecule has 6 rings (SSSR count). The highest BCUT2D eigenvalue weighted by Crippen LogP contribution is 2.53. The second-order valence-electron chi connectivity index (χ2n) is 8.65. The number of rotatable bonds is 5. The topological polar surface area (TPSA) is 49.2 Å². The van der Waals surface area contributed by atoms with E-state index >= 15 is 0 Å². The van der Waals surface area contributed by atoms with Crippen LogP contribution in [0.2, 0.25) is 0 Å². The standard InChI is InChI=1S/C25H22FN3OS/c26-20-12-16(13-29-14-18(30)15-29)6-7-19(20)23-27-21-8-9-22(28-24(21)31-23)25(10-11-25)17-4-2-1-3-5-17/h1-9,12,18,30H,10-11,13-15H2. The summed E-state index contributed by atoms with van der Waals surface area (Å²) in [5.74, 6) is -0.263. The molecule has 156 valence electrons. The number of β-amino-alcohol motifs (C(OH)–C–C–N with tert-alkyl or cyclic N) is 1. The number of likely N-dealkylation sites (tertiary alicyclic amines) is 1. The second-order valence-corrected chi connectivity index (χ2v) is 9.63. The molecule has 1 saturated carbocycles. The average molecular weight is 432 g/mol. The van der Waals surface area contributed by atoms with Gasteiger partial charge in [0.05, 0.1) is 11.8 Å². The van der Waals surface area contributed by atoms with E-state index in [0.29, 0.717) is 30.2 Å². The number of aliphatic hydroxyl groups excluding tert-OH is 1. The predicted molar refractivity (Wildman–Crippen MR) is 121 cm³/mol. The zero-order chi connectivity index (χ0) is 21.0. The SMILES string of the molecule is OC1CN(Cc2ccc(-c3nc4ccc(C5(c6ccccc6)CC5)nc4s3)c(F)c2)C1. The van der Waals surface area contributed by atoms with Crippen LogP contribution in [0.1, 0.15) is 29.7 Å². The highest BCUT2D eigenvalue weighted by molar-refractivity contribution is 7.21. The molecule has 1 aliphatic heterocycles. The molecule has 2 aromatic carbocycles. The van der Waals surface area contributed by atoms with Crippen molar-refractivity contribution < 1.29 is 9.50 Å². The highest BCUT2D eigenvalue weighted by Gasteiger charge is 2.47. The molecule has 0 atom stereocenters. The number of pyridine rings is 1. The Morgan fingerprint density at radius 3 is 2.55 bits per heavy atom. The van der Waals surface area contributed by atoms with Gasteiger partial charge in [-0.3, -0.25) is 4.90 Å². The summed E-state index contributed by atoms with van der Waals surface area (Å²) in [6, 6.07) is 20.0. The van der Waals surface area contributed by atoms with Crippen molar-refractivity contribution in [3.63, 3.8) is 0 Å². The summed E-state index contributed by atoms with van der Waals surface area (Å²) >= 11 is 1.45. The van der Waals surface area contributed by atoms with E-state index in [1.54, 1.807) is 6.07 Å². The summed E-state index contributed by atoms with van der Waals surface area (Å²) < 4.78 is 14.9. The van der Waals surface area contributed by atoms with Gasteiger partial charge < -0.3 is 5.11 Å². The van der Waals surface area contributed by atoms with Gasteiger partial charge in [0, 0.05) is 30.6 Å². The Morgan fingerprint density at radius 2 is 1.84 bits per heavy atom. The minimum atomic E-state index is -0.263. The molecule has 2 aromatic heterocycles. The van der Waals surface area contributed by atoms with Crippen molar-refractivity contribution in [3.05, 3.63) is 83.3 Å². The number of benzene rings is 2. The number of hydrogen-bond donors (Lipinski definition) is 1. The lowest BCUT2D eigenvalue weighted by atomic mass is 9.92. The summed E-state index contributed by atoms with van der Waals surface area (Å²) in [5, 5.41) is 10.1. The van der Waals surface area contributed by atoms with Gasteiger partial charge in [-0.25, -0.2) is 14.4 Å². The van der Waals surface area contributed by atoms with Crippen LogP contribution in [-0.4, -0.2) is 39.2 Å². The van der Waals surface area contributed by atoms with Crippen molar-refractivity contribution in [3.8, 4) is 10.6 Å². The third-order valence-electron chi connectivity index (χ3n) is 6.43. The van der Waals surface area contributed by atoms with Gasteiger partial charge in [0.25, 0.3) is 0 Å². The van der Waals surface area contributed by atoms with Crippen LogP contribution in [0.25, 0.3) is 20.9 Å². The van der Waals surface area contributed by atoms with Crippen molar-refractivity contribution in [1.82, 2.24) is 14.9 Å². The van der Waals surface area contributed by atoms with Gasteiger partial charge in [-0.1, -0.05) is 47.7 Å². The molecule has 4 nitrogen and oxygen atoms in total. The van der Waals surface area contributed by atoms with Gasteiger partial charge in [-0.2, -0.15) is 0 Å². The van der Waals surface area contributed by atoms with Gasteiger partial charge >= 0.3 is 0 Å². The lowest BCUT2D eigenvalue weighted by Gasteiger charge is -2.35. The Kier molecular flexibility index (Phi) is 4.42. The molecule has 2 fully saturated rings. The molecule has 0 spiro atoms. The molecule has 0 unspecified atom stereocenters. The molecule has 3 heterocycles. The largest absolute Gasteiger partial charge is 0.390 e.